The van der Waals surface area contributed by atoms with Crippen molar-refractivity contribution < 1.29 is 14.3 Å². The molecular formula is C15H23ClN2O3. The van der Waals surface area contributed by atoms with Crippen LogP contribution in [-0.4, -0.2) is 38.8 Å². The van der Waals surface area contributed by atoms with E-state index in [1.54, 1.807) is 14.2 Å². The predicted octanol–water partition coefficient (Wildman–Crippen LogP) is 1.50. The van der Waals surface area contributed by atoms with Gasteiger partial charge < -0.3 is 20.1 Å². The van der Waals surface area contributed by atoms with E-state index in [0.29, 0.717) is 19.4 Å². The Morgan fingerprint density at radius 3 is 2.67 bits per heavy atom. The molecule has 1 aromatic rings. The topological polar surface area (TPSA) is 59.6 Å². The Kier molecular flexibility index (Phi) is 6.95. The highest BCUT2D eigenvalue weighted by Crippen LogP contribution is 2.23. The molecule has 118 valence electrons. The molecule has 2 N–H and O–H groups in total. The summed E-state index contributed by atoms with van der Waals surface area (Å²) >= 11 is 0. The molecule has 5 nitrogen and oxygen atoms in total. The summed E-state index contributed by atoms with van der Waals surface area (Å²) in [5.74, 6) is 0.754. The minimum atomic E-state index is -0.690. The molecule has 1 aromatic carbocycles. The third kappa shape index (κ3) is 4.33. The van der Waals surface area contributed by atoms with E-state index in [0.717, 1.165) is 24.4 Å². The number of hydrogen-bond donors (Lipinski definition) is 2. The van der Waals surface area contributed by atoms with Crippen LogP contribution in [0.3, 0.4) is 0 Å². The molecule has 0 saturated carbocycles. The largest absolute Gasteiger partial charge is 0.497 e. The fraction of sp³-hybridized carbons (Fsp3) is 0.533. The van der Waals surface area contributed by atoms with Gasteiger partial charge in [-0.05, 0) is 43.6 Å². The highest BCUT2D eigenvalue weighted by molar-refractivity contribution is 5.85. The fourth-order valence-electron chi connectivity index (χ4n) is 2.48. The Hall–Kier alpha value is -1.30. The standard InChI is InChI=1S/C15H22N2O3.ClH/c1-19-13-5-3-4-12(10-13)11-17-14(18)15(20-2)6-8-16-9-7-15;/h3-5,10,16H,6-9,11H2,1-2H3,(H,17,18);1H. The average molecular weight is 315 g/mol. The number of piperidine rings is 1. The lowest BCUT2D eigenvalue weighted by molar-refractivity contribution is -0.146. The number of carbonyl (C=O) groups is 1. The van der Waals surface area contributed by atoms with Crippen molar-refractivity contribution in [3.05, 3.63) is 29.8 Å². The number of nitrogens with one attached hydrogen (secondary N) is 2. The molecule has 1 aliphatic heterocycles. The van der Waals surface area contributed by atoms with Crippen molar-refractivity contribution in [3.63, 3.8) is 0 Å². The number of ether oxygens (including phenoxy) is 2. The van der Waals surface area contributed by atoms with E-state index in [1.165, 1.54) is 0 Å². The Morgan fingerprint density at radius 2 is 2.05 bits per heavy atom. The maximum atomic E-state index is 12.4. The molecule has 1 aliphatic rings. The van der Waals surface area contributed by atoms with Crippen LogP contribution in [0.15, 0.2) is 24.3 Å². The van der Waals surface area contributed by atoms with Crippen molar-refractivity contribution in [2.75, 3.05) is 27.3 Å². The van der Waals surface area contributed by atoms with Crippen molar-refractivity contribution in [2.45, 2.75) is 25.0 Å². The van der Waals surface area contributed by atoms with E-state index in [-0.39, 0.29) is 18.3 Å². The zero-order valence-electron chi connectivity index (χ0n) is 12.5. The van der Waals surface area contributed by atoms with Gasteiger partial charge in [0.1, 0.15) is 11.4 Å². The molecule has 1 amide bonds. The van der Waals surface area contributed by atoms with Gasteiger partial charge in [0, 0.05) is 13.7 Å². The third-order valence-electron chi connectivity index (χ3n) is 3.80. The number of halogens is 1. The summed E-state index contributed by atoms with van der Waals surface area (Å²) in [6.07, 6.45) is 1.40. The lowest BCUT2D eigenvalue weighted by Gasteiger charge is -2.34. The molecule has 1 fully saturated rings. The quantitative estimate of drug-likeness (QED) is 0.865. The number of methoxy groups -OCH3 is 2. The van der Waals surface area contributed by atoms with Gasteiger partial charge in [-0.1, -0.05) is 12.1 Å². The van der Waals surface area contributed by atoms with Crippen LogP contribution < -0.4 is 15.4 Å². The van der Waals surface area contributed by atoms with Gasteiger partial charge in [0.15, 0.2) is 0 Å². The molecule has 6 heteroatoms. The van der Waals surface area contributed by atoms with E-state index in [9.17, 15) is 4.79 Å². The first-order valence-electron chi connectivity index (χ1n) is 6.87. The van der Waals surface area contributed by atoms with Crippen molar-refractivity contribution in [1.29, 1.82) is 0 Å². The number of rotatable bonds is 5. The van der Waals surface area contributed by atoms with Crippen LogP contribution in [0.5, 0.6) is 5.75 Å². The lowest BCUT2D eigenvalue weighted by Crippen LogP contribution is -2.53. The number of benzene rings is 1. The summed E-state index contributed by atoms with van der Waals surface area (Å²) < 4.78 is 10.7. The van der Waals surface area contributed by atoms with Crippen LogP contribution in [0, 0.1) is 0 Å². The molecule has 0 bridgehead atoms. The predicted molar refractivity (Wildman–Crippen MR) is 83.9 cm³/mol. The Bertz CT molecular complexity index is 462. The van der Waals surface area contributed by atoms with E-state index in [2.05, 4.69) is 10.6 Å². The maximum Gasteiger partial charge on any atom is 0.252 e. The Morgan fingerprint density at radius 1 is 1.33 bits per heavy atom. The normalized spacial score (nSPS) is 16.7. The van der Waals surface area contributed by atoms with Gasteiger partial charge >= 0.3 is 0 Å². The summed E-state index contributed by atoms with van der Waals surface area (Å²) in [4.78, 5) is 12.4. The van der Waals surface area contributed by atoms with E-state index < -0.39 is 5.60 Å². The first kappa shape index (κ1) is 17.8. The summed E-state index contributed by atoms with van der Waals surface area (Å²) in [7, 11) is 3.24. The lowest BCUT2D eigenvalue weighted by atomic mass is 9.91. The highest BCUT2D eigenvalue weighted by atomic mass is 35.5. The summed E-state index contributed by atoms with van der Waals surface area (Å²) in [6.45, 7) is 2.09. The van der Waals surface area contributed by atoms with Gasteiger partial charge in [-0.25, -0.2) is 0 Å². The molecule has 0 unspecified atom stereocenters. The summed E-state index contributed by atoms with van der Waals surface area (Å²) in [6, 6.07) is 7.68. The van der Waals surface area contributed by atoms with Crippen LogP contribution in [0.25, 0.3) is 0 Å². The van der Waals surface area contributed by atoms with Crippen LogP contribution in [-0.2, 0) is 16.1 Å². The molecule has 0 radical (unpaired) electrons. The molecule has 2 rings (SSSR count). The Balaban J connectivity index is 0.00000220. The molecule has 0 atom stereocenters. The third-order valence-corrected chi connectivity index (χ3v) is 3.80. The van der Waals surface area contributed by atoms with E-state index >= 15 is 0 Å². The second kappa shape index (κ2) is 8.22. The van der Waals surface area contributed by atoms with Gasteiger partial charge in [-0.15, -0.1) is 12.4 Å². The van der Waals surface area contributed by atoms with E-state index in [1.807, 2.05) is 24.3 Å². The smallest absolute Gasteiger partial charge is 0.252 e. The van der Waals surface area contributed by atoms with E-state index in [4.69, 9.17) is 9.47 Å². The number of hydrogen-bond acceptors (Lipinski definition) is 4. The van der Waals surface area contributed by atoms with Crippen molar-refractivity contribution in [1.82, 2.24) is 10.6 Å². The van der Waals surface area contributed by atoms with Crippen molar-refractivity contribution in [2.24, 2.45) is 0 Å². The first-order chi connectivity index (χ1) is 9.70. The zero-order valence-corrected chi connectivity index (χ0v) is 13.3. The number of amides is 1. The van der Waals surface area contributed by atoms with Crippen molar-refractivity contribution >= 4 is 18.3 Å². The molecule has 1 saturated heterocycles. The second-order valence-electron chi connectivity index (χ2n) is 4.98. The molecule has 0 spiro atoms. The monoisotopic (exact) mass is 314 g/mol. The molecule has 0 aliphatic carbocycles. The van der Waals surface area contributed by atoms with Gasteiger partial charge in [0.2, 0.25) is 0 Å². The SMILES string of the molecule is COc1cccc(CNC(=O)C2(OC)CCNCC2)c1.Cl. The molecule has 21 heavy (non-hydrogen) atoms. The van der Waals surface area contributed by atoms with Gasteiger partial charge in [0.25, 0.3) is 5.91 Å². The average Bonchev–Trinajstić information content (AvgIpc) is 2.53. The van der Waals surface area contributed by atoms with Gasteiger partial charge in [-0.3, -0.25) is 4.79 Å². The minimum absolute atomic E-state index is 0. The van der Waals surface area contributed by atoms with Crippen molar-refractivity contribution in [3.8, 4) is 5.75 Å². The number of carbonyl (C=O) groups excluding carboxylic acids is 1. The van der Waals surface area contributed by atoms with Crippen LogP contribution in [0.1, 0.15) is 18.4 Å². The van der Waals surface area contributed by atoms with Crippen LogP contribution >= 0.6 is 12.4 Å². The summed E-state index contributed by atoms with van der Waals surface area (Å²) in [5.41, 5.74) is 0.322. The maximum absolute atomic E-state index is 12.4. The van der Waals surface area contributed by atoms with Gasteiger partial charge in [0.05, 0.1) is 7.11 Å². The molecule has 0 aromatic heterocycles. The van der Waals surface area contributed by atoms with Crippen LogP contribution in [0.4, 0.5) is 0 Å². The fourth-order valence-corrected chi connectivity index (χ4v) is 2.48. The Labute approximate surface area is 131 Å². The molecule has 1 heterocycles. The van der Waals surface area contributed by atoms with Gasteiger partial charge in [-0.2, -0.15) is 0 Å². The zero-order chi connectivity index (χ0) is 14.4. The summed E-state index contributed by atoms with van der Waals surface area (Å²) in [5, 5.41) is 6.21. The second-order valence-corrected chi connectivity index (χ2v) is 4.98. The highest BCUT2D eigenvalue weighted by Gasteiger charge is 2.39. The van der Waals surface area contributed by atoms with Crippen LogP contribution in [0.2, 0.25) is 0 Å². The molecular weight excluding hydrogens is 292 g/mol. The minimum Gasteiger partial charge on any atom is -0.497 e. The first-order valence-corrected chi connectivity index (χ1v) is 6.87.